The summed E-state index contributed by atoms with van der Waals surface area (Å²) in [5.41, 5.74) is -0.693. The maximum atomic E-state index is 11.9. The van der Waals surface area contributed by atoms with Crippen molar-refractivity contribution in [1.29, 1.82) is 0 Å². The van der Waals surface area contributed by atoms with Crippen molar-refractivity contribution in [2.24, 2.45) is 5.41 Å². The Labute approximate surface area is 93.5 Å². The molecule has 0 amide bonds. The zero-order chi connectivity index (χ0) is 11.2. The molecule has 0 radical (unpaired) electrons. The lowest BCUT2D eigenvalue weighted by Crippen LogP contribution is -2.56. The lowest BCUT2D eigenvalue weighted by atomic mass is 9.69. The Morgan fingerprint density at radius 1 is 1.44 bits per heavy atom. The van der Waals surface area contributed by atoms with Crippen molar-refractivity contribution in [2.45, 2.75) is 18.3 Å². The van der Waals surface area contributed by atoms with Gasteiger partial charge in [-0.2, -0.15) is 0 Å². The van der Waals surface area contributed by atoms with E-state index in [1.54, 1.807) is 6.26 Å². The van der Waals surface area contributed by atoms with E-state index in [4.69, 9.17) is 13.9 Å². The van der Waals surface area contributed by atoms with Crippen LogP contribution in [-0.2, 0) is 19.7 Å². The van der Waals surface area contributed by atoms with Crippen LogP contribution in [0.1, 0.15) is 18.6 Å². The number of ether oxygens (including phenoxy) is 2. The second-order valence-electron chi connectivity index (χ2n) is 4.63. The molecule has 1 saturated carbocycles. The summed E-state index contributed by atoms with van der Waals surface area (Å²) in [6.45, 7) is 1.10. The number of hydrogen-bond donors (Lipinski definition) is 0. The SMILES string of the molecule is COC(=O)C1(C2(c3ccco3)COC2)CC1. The predicted molar refractivity (Wildman–Crippen MR) is 54.9 cm³/mol. The Morgan fingerprint density at radius 2 is 2.19 bits per heavy atom. The highest BCUT2D eigenvalue weighted by Gasteiger charge is 2.70. The van der Waals surface area contributed by atoms with Gasteiger partial charge in [0.2, 0.25) is 0 Å². The highest BCUT2D eigenvalue weighted by atomic mass is 16.5. The molecule has 0 atom stereocenters. The van der Waals surface area contributed by atoms with Gasteiger partial charge in [-0.05, 0) is 25.0 Å². The molecule has 0 aromatic carbocycles. The molecule has 2 fully saturated rings. The molecular weight excluding hydrogens is 208 g/mol. The molecule has 0 bridgehead atoms. The summed E-state index contributed by atoms with van der Waals surface area (Å²) in [6, 6.07) is 3.77. The van der Waals surface area contributed by atoms with Crippen molar-refractivity contribution in [1.82, 2.24) is 0 Å². The van der Waals surface area contributed by atoms with Crippen molar-refractivity contribution in [3.8, 4) is 0 Å². The van der Waals surface area contributed by atoms with E-state index in [2.05, 4.69) is 0 Å². The van der Waals surface area contributed by atoms with Gasteiger partial charge >= 0.3 is 5.97 Å². The second-order valence-corrected chi connectivity index (χ2v) is 4.63. The molecule has 4 heteroatoms. The highest BCUT2D eigenvalue weighted by Crippen LogP contribution is 2.63. The van der Waals surface area contributed by atoms with Gasteiger partial charge in [-0.25, -0.2) is 0 Å². The maximum Gasteiger partial charge on any atom is 0.313 e. The van der Waals surface area contributed by atoms with Crippen molar-refractivity contribution in [2.75, 3.05) is 20.3 Å². The quantitative estimate of drug-likeness (QED) is 0.727. The molecule has 0 N–H and O–H groups in total. The van der Waals surface area contributed by atoms with Crippen molar-refractivity contribution in [3.63, 3.8) is 0 Å². The number of carbonyl (C=O) groups is 1. The minimum absolute atomic E-state index is 0.132. The summed E-state index contributed by atoms with van der Waals surface area (Å²) >= 11 is 0. The Hall–Kier alpha value is -1.29. The number of rotatable bonds is 3. The van der Waals surface area contributed by atoms with Crippen LogP contribution in [-0.4, -0.2) is 26.3 Å². The van der Waals surface area contributed by atoms with Gasteiger partial charge in [0, 0.05) is 0 Å². The van der Waals surface area contributed by atoms with Gasteiger partial charge in [0.25, 0.3) is 0 Å². The Kier molecular flexibility index (Phi) is 1.92. The number of carbonyl (C=O) groups excluding carboxylic acids is 1. The summed E-state index contributed by atoms with van der Waals surface area (Å²) in [5, 5.41) is 0. The maximum absolute atomic E-state index is 11.9. The monoisotopic (exact) mass is 222 g/mol. The molecule has 3 rings (SSSR count). The number of furan rings is 1. The summed E-state index contributed by atoms with van der Waals surface area (Å²) in [5.74, 6) is 0.717. The molecule has 1 aromatic heterocycles. The molecule has 16 heavy (non-hydrogen) atoms. The van der Waals surface area contributed by atoms with Crippen molar-refractivity contribution >= 4 is 5.97 Å². The van der Waals surface area contributed by atoms with Crippen LogP contribution in [0.15, 0.2) is 22.8 Å². The fraction of sp³-hybridized carbons (Fsp3) is 0.583. The Balaban J connectivity index is 2.00. The van der Waals surface area contributed by atoms with E-state index in [0.717, 1.165) is 18.6 Å². The van der Waals surface area contributed by atoms with E-state index < -0.39 is 5.41 Å². The van der Waals surface area contributed by atoms with Crippen LogP contribution in [0.2, 0.25) is 0 Å². The van der Waals surface area contributed by atoms with Crippen LogP contribution in [0.25, 0.3) is 0 Å². The third-order valence-corrected chi connectivity index (χ3v) is 3.93. The van der Waals surface area contributed by atoms with Gasteiger partial charge < -0.3 is 13.9 Å². The molecule has 1 aliphatic heterocycles. The molecular formula is C12H14O4. The van der Waals surface area contributed by atoms with Crippen LogP contribution >= 0.6 is 0 Å². The van der Waals surface area contributed by atoms with Crippen LogP contribution in [0.3, 0.4) is 0 Å². The molecule has 0 unspecified atom stereocenters. The summed E-state index contributed by atoms with van der Waals surface area (Å²) < 4.78 is 15.7. The van der Waals surface area contributed by atoms with E-state index >= 15 is 0 Å². The summed E-state index contributed by atoms with van der Waals surface area (Å²) in [6.07, 6.45) is 3.37. The molecule has 1 aromatic rings. The van der Waals surface area contributed by atoms with E-state index in [9.17, 15) is 4.79 Å². The van der Waals surface area contributed by atoms with Crippen molar-refractivity contribution in [3.05, 3.63) is 24.2 Å². The summed E-state index contributed by atoms with van der Waals surface area (Å²) in [7, 11) is 1.44. The Morgan fingerprint density at radius 3 is 2.56 bits per heavy atom. The smallest absolute Gasteiger partial charge is 0.313 e. The van der Waals surface area contributed by atoms with E-state index in [1.165, 1.54) is 7.11 Å². The van der Waals surface area contributed by atoms with Crippen LogP contribution in [0, 0.1) is 5.41 Å². The van der Waals surface area contributed by atoms with E-state index in [1.807, 2.05) is 12.1 Å². The minimum atomic E-state index is -0.405. The van der Waals surface area contributed by atoms with Gasteiger partial charge in [0.1, 0.15) is 5.76 Å². The second kappa shape index (κ2) is 3.10. The standard InChI is InChI=1S/C12H14O4/c1-14-10(13)11(4-5-11)12(7-15-8-12)9-3-2-6-16-9/h2-3,6H,4-5,7-8H2,1H3. The number of methoxy groups -OCH3 is 1. The number of hydrogen-bond acceptors (Lipinski definition) is 4. The van der Waals surface area contributed by atoms with Gasteiger partial charge in [0.15, 0.2) is 0 Å². The molecule has 86 valence electrons. The predicted octanol–water partition coefficient (Wildman–Crippen LogP) is 1.50. The van der Waals surface area contributed by atoms with Gasteiger partial charge in [-0.15, -0.1) is 0 Å². The molecule has 2 aliphatic rings. The van der Waals surface area contributed by atoms with Crippen molar-refractivity contribution < 1.29 is 18.7 Å². The van der Waals surface area contributed by atoms with E-state index in [0.29, 0.717) is 13.2 Å². The average molecular weight is 222 g/mol. The summed E-state index contributed by atoms with van der Waals surface area (Å²) in [4.78, 5) is 11.9. The zero-order valence-electron chi connectivity index (χ0n) is 9.19. The Bertz CT molecular complexity index is 399. The fourth-order valence-corrected chi connectivity index (χ4v) is 2.71. The van der Waals surface area contributed by atoms with Crippen LogP contribution in [0.4, 0.5) is 0 Å². The minimum Gasteiger partial charge on any atom is -0.469 e. The topological polar surface area (TPSA) is 48.7 Å². The van der Waals surface area contributed by atoms with Gasteiger partial charge in [-0.1, -0.05) is 0 Å². The lowest BCUT2D eigenvalue weighted by molar-refractivity contribution is -0.167. The van der Waals surface area contributed by atoms with Crippen LogP contribution in [0.5, 0.6) is 0 Å². The zero-order valence-corrected chi connectivity index (χ0v) is 9.19. The molecule has 4 nitrogen and oxygen atoms in total. The van der Waals surface area contributed by atoms with Gasteiger partial charge in [0.05, 0.1) is 37.4 Å². The average Bonchev–Trinajstić information content (AvgIpc) is 2.85. The normalized spacial score (nSPS) is 24.6. The first-order valence-electron chi connectivity index (χ1n) is 5.45. The van der Waals surface area contributed by atoms with Crippen LogP contribution < -0.4 is 0 Å². The third-order valence-electron chi connectivity index (χ3n) is 3.93. The first kappa shape index (κ1) is 9.90. The largest absolute Gasteiger partial charge is 0.469 e. The molecule has 1 saturated heterocycles. The molecule has 1 aliphatic carbocycles. The highest BCUT2D eigenvalue weighted by molar-refractivity contribution is 5.82. The molecule has 0 spiro atoms. The number of esters is 1. The first-order chi connectivity index (χ1) is 7.75. The fourth-order valence-electron chi connectivity index (χ4n) is 2.71. The van der Waals surface area contributed by atoms with Gasteiger partial charge in [-0.3, -0.25) is 4.79 Å². The third kappa shape index (κ3) is 1.00. The first-order valence-corrected chi connectivity index (χ1v) is 5.45. The molecule has 2 heterocycles. The lowest BCUT2D eigenvalue weighted by Gasteiger charge is -2.44. The van der Waals surface area contributed by atoms with E-state index in [-0.39, 0.29) is 11.4 Å².